The molecule has 2 rings (SSSR count). The molecule has 0 saturated carbocycles. The number of morpholine rings is 1. The highest BCUT2D eigenvalue weighted by Gasteiger charge is 2.16. The maximum absolute atomic E-state index is 13.2. The van der Waals surface area contributed by atoms with Crippen molar-refractivity contribution in [3.05, 3.63) is 17.0 Å². The Hall–Kier alpha value is -0.780. The van der Waals surface area contributed by atoms with E-state index in [1.807, 2.05) is 4.90 Å². The number of rotatable bonds is 1. The lowest BCUT2D eigenvalue weighted by Gasteiger charge is -2.27. The Balaban J connectivity index is 0.00000128. The molecule has 1 N–H and O–H groups in total. The summed E-state index contributed by atoms with van der Waals surface area (Å²) in [5.74, 6) is -0.927. The molecule has 0 aliphatic carbocycles. The van der Waals surface area contributed by atoms with E-state index in [0.29, 0.717) is 32.1 Å². The molecule has 0 atom stereocenters. The Bertz CT molecular complexity index is 350. The minimum atomic E-state index is -0.753. The quantitative estimate of drug-likeness (QED) is 0.790. The summed E-state index contributed by atoms with van der Waals surface area (Å²) >= 11 is 5.58. The van der Waals surface area contributed by atoms with Crippen LogP contribution in [-0.4, -0.2) is 36.4 Å². The van der Waals surface area contributed by atoms with Crippen LogP contribution >= 0.6 is 24.0 Å². The number of hydrogen-bond acceptors (Lipinski definition) is 4. The zero-order chi connectivity index (χ0) is 10.8. The summed E-state index contributed by atoms with van der Waals surface area (Å²) in [5, 5.41) is 8.90. The van der Waals surface area contributed by atoms with Crippen LogP contribution in [0.5, 0.6) is 5.75 Å². The molecule has 7 heteroatoms. The van der Waals surface area contributed by atoms with E-state index in [-0.39, 0.29) is 17.6 Å². The lowest BCUT2D eigenvalue weighted by Crippen LogP contribution is -2.36. The Morgan fingerprint density at radius 1 is 1.44 bits per heavy atom. The Morgan fingerprint density at radius 2 is 2.06 bits per heavy atom. The van der Waals surface area contributed by atoms with Gasteiger partial charge in [-0.2, -0.15) is 0 Å². The second kappa shape index (κ2) is 5.52. The fourth-order valence-electron chi connectivity index (χ4n) is 1.42. The molecule has 0 aromatic carbocycles. The first kappa shape index (κ1) is 13.3. The van der Waals surface area contributed by atoms with E-state index in [1.54, 1.807) is 0 Å². The maximum Gasteiger partial charge on any atom is 0.189 e. The van der Waals surface area contributed by atoms with Crippen molar-refractivity contribution in [2.75, 3.05) is 31.2 Å². The Morgan fingerprint density at radius 3 is 2.62 bits per heavy atom. The number of aromatic nitrogens is 1. The number of halogens is 3. The molecule has 2 heterocycles. The highest BCUT2D eigenvalue weighted by Crippen LogP contribution is 2.28. The first-order valence-electron chi connectivity index (χ1n) is 4.56. The minimum absolute atomic E-state index is 0. The average molecular weight is 269 g/mol. The molecule has 1 fully saturated rings. The van der Waals surface area contributed by atoms with Crippen LogP contribution in [-0.2, 0) is 4.74 Å². The highest BCUT2D eigenvalue weighted by atomic mass is 35.5. The van der Waals surface area contributed by atoms with Gasteiger partial charge in [0.25, 0.3) is 0 Å². The molecule has 0 radical (unpaired) electrons. The smallest absolute Gasteiger partial charge is 0.189 e. The summed E-state index contributed by atoms with van der Waals surface area (Å²) in [5.41, 5.74) is 0. The van der Waals surface area contributed by atoms with Gasteiger partial charge < -0.3 is 14.7 Å². The molecule has 1 aliphatic heterocycles. The predicted molar refractivity (Wildman–Crippen MR) is 61.1 cm³/mol. The molecule has 1 saturated heterocycles. The van der Waals surface area contributed by atoms with Gasteiger partial charge in [-0.05, 0) is 0 Å². The molecule has 16 heavy (non-hydrogen) atoms. The van der Waals surface area contributed by atoms with Gasteiger partial charge in [0.05, 0.1) is 13.2 Å². The van der Waals surface area contributed by atoms with Crippen LogP contribution in [0.15, 0.2) is 6.07 Å². The number of aromatic hydroxyl groups is 1. The molecule has 0 unspecified atom stereocenters. The fraction of sp³-hybridized carbons (Fsp3) is 0.444. The second-order valence-corrected chi connectivity index (χ2v) is 3.56. The zero-order valence-electron chi connectivity index (χ0n) is 8.32. The van der Waals surface area contributed by atoms with Gasteiger partial charge in [-0.1, -0.05) is 11.6 Å². The van der Waals surface area contributed by atoms with Crippen molar-refractivity contribution in [1.29, 1.82) is 0 Å². The largest absolute Gasteiger partial charge is 0.503 e. The van der Waals surface area contributed by atoms with E-state index in [0.717, 1.165) is 0 Å². The first-order chi connectivity index (χ1) is 7.18. The third-order valence-corrected chi connectivity index (χ3v) is 2.49. The van der Waals surface area contributed by atoms with Crippen molar-refractivity contribution < 1.29 is 14.2 Å². The van der Waals surface area contributed by atoms with Crippen molar-refractivity contribution in [1.82, 2.24) is 4.98 Å². The molecule has 90 valence electrons. The van der Waals surface area contributed by atoms with Crippen molar-refractivity contribution in [2.45, 2.75) is 0 Å². The van der Waals surface area contributed by atoms with Gasteiger partial charge in [0, 0.05) is 19.2 Å². The monoisotopic (exact) mass is 268 g/mol. The summed E-state index contributed by atoms with van der Waals surface area (Å²) in [7, 11) is 0. The first-order valence-corrected chi connectivity index (χ1v) is 4.94. The van der Waals surface area contributed by atoms with Gasteiger partial charge in [0.15, 0.2) is 16.7 Å². The van der Waals surface area contributed by atoms with Gasteiger partial charge in [0.2, 0.25) is 0 Å². The van der Waals surface area contributed by atoms with Gasteiger partial charge in [-0.3, -0.25) is 0 Å². The number of pyridine rings is 1. The topological polar surface area (TPSA) is 45.6 Å². The van der Waals surface area contributed by atoms with Crippen LogP contribution in [0.3, 0.4) is 0 Å². The number of hydrogen-bond donors (Lipinski definition) is 1. The molecule has 1 aliphatic rings. The summed E-state index contributed by atoms with van der Waals surface area (Å²) < 4.78 is 18.3. The van der Waals surface area contributed by atoms with Crippen LogP contribution in [0.1, 0.15) is 0 Å². The van der Waals surface area contributed by atoms with Crippen molar-refractivity contribution in [2.24, 2.45) is 0 Å². The molecular weight excluding hydrogens is 258 g/mol. The van der Waals surface area contributed by atoms with Crippen molar-refractivity contribution in [3.63, 3.8) is 0 Å². The third-order valence-electron chi connectivity index (χ3n) is 2.23. The number of nitrogens with zero attached hydrogens (tertiary/aromatic N) is 2. The van der Waals surface area contributed by atoms with E-state index in [9.17, 15) is 4.39 Å². The summed E-state index contributed by atoms with van der Waals surface area (Å²) in [6.45, 7) is 2.46. The Labute approximate surface area is 103 Å². The number of anilines is 1. The van der Waals surface area contributed by atoms with Crippen LogP contribution < -0.4 is 4.90 Å². The number of ether oxygens (including phenoxy) is 1. The molecule has 1 aromatic heterocycles. The molecule has 4 nitrogen and oxygen atoms in total. The van der Waals surface area contributed by atoms with Gasteiger partial charge in [-0.15, -0.1) is 12.4 Å². The standard InChI is InChI=1S/C9H10ClFN2O2.ClH/c10-9-8(14)6(11)5-7(12-9)13-1-3-15-4-2-13;/h5,14H,1-4H2;1H. The van der Waals surface area contributed by atoms with Crippen LogP contribution in [0.4, 0.5) is 10.2 Å². The van der Waals surface area contributed by atoms with Gasteiger partial charge in [-0.25, -0.2) is 9.37 Å². The molecular formula is C9H11Cl2FN2O2. The SMILES string of the molecule is Cl.Oc1c(F)cc(N2CCOCC2)nc1Cl. The Kier molecular flexibility index (Phi) is 4.58. The third kappa shape index (κ3) is 2.66. The lowest BCUT2D eigenvalue weighted by molar-refractivity contribution is 0.122. The lowest BCUT2D eigenvalue weighted by atomic mass is 10.3. The maximum atomic E-state index is 13.2. The average Bonchev–Trinajstić information content (AvgIpc) is 2.26. The molecule has 0 bridgehead atoms. The van der Waals surface area contributed by atoms with Crippen LogP contribution in [0.25, 0.3) is 0 Å². The van der Waals surface area contributed by atoms with Gasteiger partial charge in [0.1, 0.15) is 5.82 Å². The summed E-state index contributed by atoms with van der Waals surface area (Å²) in [4.78, 5) is 5.76. The van der Waals surface area contributed by atoms with Crippen molar-refractivity contribution >= 4 is 29.8 Å². The van der Waals surface area contributed by atoms with Crippen LogP contribution in [0.2, 0.25) is 5.15 Å². The van der Waals surface area contributed by atoms with Crippen LogP contribution in [0, 0.1) is 5.82 Å². The van der Waals surface area contributed by atoms with E-state index in [1.165, 1.54) is 6.07 Å². The molecule has 1 aromatic rings. The van der Waals surface area contributed by atoms with Crippen molar-refractivity contribution in [3.8, 4) is 5.75 Å². The van der Waals surface area contributed by atoms with E-state index in [2.05, 4.69) is 4.98 Å². The highest BCUT2D eigenvalue weighted by molar-refractivity contribution is 6.30. The van der Waals surface area contributed by atoms with E-state index >= 15 is 0 Å². The van der Waals surface area contributed by atoms with E-state index in [4.69, 9.17) is 21.4 Å². The normalized spacial score (nSPS) is 15.8. The minimum Gasteiger partial charge on any atom is -0.503 e. The zero-order valence-corrected chi connectivity index (χ0v) is 9.89. The van der Waals surface area contributed by atoms with Gasteiger partial charge >= 0.3 is 0 Å². The summed E-state index contributed by atoms with van der Waals surface area (Å²) in [6.07, 6.45) is 0. The predicted octanol–water partition coefficient (Wildman–Crippen LogP) is 1.84. The molecule has 0 spiro atoms. The van der Waals surface area contributed by atoms with E-state index < -0.39 is 11.6 Å². The second-order valence-electron chi connectivity index (χ2n) is 3.20. The molecule has 0 amide bonds. The summed E-state index contributed by atoms with van der Waals surface area (Å²) in [6, 6.07) is 1.17. The fourth-order valence-corrected chi connectivity index (χ4v) is 1.60.